The number of carbonyl (C=O) groups excluding carboxylic acids is 2. The highest BCUT2D eigenvalue weighted by atomic mass is 32.3. The molecule has 33 heteroatoms. The smallest absolute Gasteiger partial charge is 0.397 e. The first-order chi connectivity index (χ1) is 29.7. The molecule has 4 fully saturated rings. The van der Waals surface area contributed by atoms with E-state index >= 15 is 0 Å². The lowest BCUT2D eigenvalue weighted by molar-refractivity contribution is -0.367. The summed E-state index contributed by atoms with van der Waals surface area (Å²) in [7, 11) is -11.1. The van der Waals surface area contributed by atoms with Crippen LogP contribution in [0.25, 0.3) is 0 Å². The summed E-state index contributed by atoms with van der Waals surface area (Å²) < 4.78 is 121. The lowest BCUT2D eigenvalue weighted by atomic mass is 9.94. The van der Waals surface area contributed by atoms with E-state index in [9.17, 15) is 91.1 Å². The highest BCUT2D eigenvalue weighted by molar-refractivity contribution is 7.81. The minimum absolute atomic E-state index is 0.312. The topological polar surface area (TPSA) is 475 Å². The van der Waals surface area contributed by atoms with Gasteiger partial charge in [-0.3, -0.25) is 18.7 Å². The Labute approximate surface area is 361 Å². The van der Waals surface area contributed by atoms with Crippen molar-refractivity contribution >= 4 is 44.6 Å². The van der Waals surface area contributed by atoms with Gasteiger partial charge in [0.1, 0.15) is 85.3 Å². The van der Waals surface area contributed by atoms with Crippen LogP contribution in [-0.2, 0) is 86.2 Å². The summed E-state index contributed by atoms with van der Waals surface area (Å²) in [5.74, 6) is -5.88. The van der Waals surface area contributed by atoms with Crippen molar-refractivity contribution in [3.05, 3.63) is 12.7 Å². The fourth-order valence-corrected chi connectivity index (χ4v) is 8.09. The van der Waals surface area contributed by atoms with Gasteiger partial charge in [0.25, 0.3) is 0 Å². The minimum atomic E-state index is -5.60. The number of aliphatic carboxylic acids is 2. The van der Waals surface area contributed by atoms with E-state index in [0.717, 1.165) is 13.8 Å². The predicted octanol–water partition coefficient (Wildman–Crippen LogP) is -8.41. The first-order valence-corrected chi connectivity index (χ1v) is 21.2. The third kappa shape index (κ3) is 13.0. The Morgan fingerprint density at radius 1 is 0.578 bits per heavy atom. The molecule has 368 valence electrons. The van der Waals surface area contributed by atoms with Crippen LogP contribution in [0, 0.1) is 0 Å². The van der Waals surface area contributed by atoms with E-state index in [2.05, 4.69) is 25.6 Å². The summed E-state index contributed by atoms with van der Waals surface area (Å²) in [5.41, 5.74) is 0. The van der Waals surface area contributed by atoms with Crippen molar-refractivity contribution in [2.75, 3.05) is 19.8 Å². The van der Waals surface area contributed by atoms with E-state index in [4.69, 9.17) is 37.9 Å². The van der Waals surface area contributed by atoms with Gasteiger partial charge in [-0.05, 0) is 0 Å². The average molecular weight is 977 g/mol. The van der Waals surface area contributed by atoms with Crippen molar-refractivity contribution in [1.29, 1.82) is 0 Å². The summed E-state index contributed by atoms with van der Waals surface area (Å²) in [5, 5.41) is 98.6. The van der Waals surface area contributed by atoms with Gasteiger partial charge in [-0.25, -0.2) is 18.0 Å². The van der Waals surface area contributed by atoms with Crippen LogP contribution in [0.2, 0.25) is 0 Å². The number of aliphatic hydroxyl groups is 7. The number of carbonyl (C=O) groups is 4. The Morgan fingerprint density at radius 2 is 0.984 bits per heavy atom. The molecule has 4 saturated heterocycles. The molecule has 4 aliphatic rings. The van der Waals surface area contributed by atoms with E-state index in [-0.39, 0.29) is 6.61 Å². The fourth-order valence-electron chi connectivity index (χ4n) is 7.06. The minimum Gasteiger partial charge on any atom is -0.479 e. The summed E-state index contributed by atoms with van der Waals surface area (Å²) in [4.78, 5) is 49.4. The van der Waals surface area contributed by atoms with Crippen LogP contribution >= 0.6 is 0 Å². The lowest BCUT2D eigenvalue weighted by Gasteiger charge is -2.50. The predicted molar refractivity (Wildman–Crippen MR) is 193 cm³/mol. The van der Waals surface area contributed by atoms with Crippen molar-refractivity contribution < 1.29 is 137 Å². The summed E-state index contributed by atoms with van der Waals surface area (Å²) in [6.07, 6.45) is -39.7. The van der Waals surface area contributed by atoms with Gasteiger partial charge in [0.15, 0.2) is 37.4 Å². The van der Waals surface area contributed by atoms with Gasteiger partial charge in [-0.1, -0.05) is 6.08 Å². The highest BCUT2D eigenvalue weighted by Crippen LogP contribution is 2.36. The lowest BCUT2D eigenvalue weighted by Crippen LogP contribution is -2.71. The molecule has 0 bridgehead atoms. The Bertz CT molecular complexity index is 1880. The zero-order valence-electron chi connectivity index (χ0n) is 33.0. The average Bonchev–Trinajstić information content (AvgIpc) is 3.18. The number of carboxylic acid groups (broad SMARTS) is 2. The molecule has 31 nitrogen and oxygen atoms in total. The van der Waals surface area contributed by atoms with Crippen molar-refractivity contribution in [3.63, 3.8) is 0 Å². The van der Waals surface area contributed by atoms with Gasteiger partial charge >= 0.3 is 32.7 Å². The van der Waals surface area contributed by atoms with Crippen LogP contribution in [0.4, 0.5) is 0 Å². The zero-order chi connectivity index (χ0) is 48.2. The molecule has 4 rings (SSSR count). The number of aliphatic hydroxyl groups excluding tert-OH is 7. The van der Waals surface area contributed by atoms with E-state index in [0.29, 0.717) is 0 Å². The Balaban J connectivity index is 1.75. The molecule has 4 aliphatic heterocycles. The summed E-state index contributed by atoms with van der Waals surface area (Å²) in [6, 6.07) is -3.84. The van der Waals surface area contributed by atoms with Crippen LogP contribution in [0.1, 0.15) is 13.8 Å². The molecule has 0 aromatic carbocycles. The van der Waals surface area contributed by atoms with Crippen LogP contribution in [-0.4, -0.2) is 238 Å². The van der Waals surface area contributed by atoms with Gasteiger partial charge in [0, 0.05) is 13.8 Å². The number of carboxylic acids is 2. The van der Waals surface area contributed by atoms with Gasteiger partial charge < -0.3 is 94.5 Å². The molecule has 4 heterocycles. The van der Waals surface area contributed by atoms with Gasteiger partial charge in [-0.2, -0.15) is 16.8 Å². The molecule has 0 aromatic rings. The molecule has 0 aliphatic carbocycles. The Morgan fingerprint density at radius 3 is 1.39 bits per heavy atom. The SMILES string of the molecule is C=CCO[C@@H]1OC(CO)[C@H](OS(=O)(=O)O)[C@H](O[C@@H]2OC(C(=O)O)[C@H](O[C@@H]3OC(CO)[C@H](OS(=O)(=O)O)[C@H](O[C@@H]4OC(C(=O)O)[C@H](O)[C@H](O)C4O)C3NC(C)=O)[C@H](O)C2O)C1NC(C)=O. The monoisotopic (exact) mass is 976 g/mol. The standard InChI is InChI=1S/C31H48N2O29S2/c1-4-5-53-28-12(32-8(2)36)21(19(10(6-34)54-28)61-63(47,48)49)56-31-18(42)16(40)23(25(60-31)27(45)46)58-29-13(33-9(3)37)22(20(11(7-35)55-29)62-64(50,51)52)57-30-17(41)14(38)15(39)24(59-30)26(43)44/h4,10-25,28-31,34-35,38-42H,1,5-7H2,2-3H3,(H,32,36)(H,33,37)(H,43,44)(H,45,46)(H,47,48,49)(H,50,51,52)/t10?,11?,12?,13?,14-,15+,16+,17?,18?,19-,20-,21+,22+,23+,24?,25?,28+,29-,30+,31+/m0/s1. The second-order valence-electron chi connectivity index (χ2n) is 14.3. The molecule has 64 heavy (non-hydrogen) atoms. The molecule has 20 atom stereocenters. The third-order valence-corrected chi connectivity index (χ3v) is 10.6. The van der Waals surface area contributed by atoms with Crippen molar-refractivity contribution in [2.24, 2.45) is 0 Å². The number of ether oxygens (including phenoxy) is 8. The van der Waals surface area contributed by atoms with E-state index in [1.807, 2.05) is 0 Å². The van der Waals surface area contributed by atoms with E-state index in [1.165, 1.54) is 6.08 Å². The molecule has 0 radical (unpaired) electrons. The first-order valence-electron chi connectivity index (χ1n) is 18.5. The largest absolute Gasteiger partial charge is 0.479 e. The first kappa shape index (κ1) is 53.4. The van der Waals surface area contributed by atoms with E-state index < -0.39 is 180 Å². The van der Waals surface area contributed by atoms with Crippen LogP contribution in [0.3, 0.4) is 0 Å². The summed E-state index contributed by atoms with van der Waals surface area (Å²) >= 11 is 0. The molecular weight excluding hydrogens is 928 g/mol. The molecule has 2 amide bonds. The number of hydrogen-bond acceptors (Lipinski definition) is 25. The normalized spacial score (nSPS) is 40.8. The second-order valence-corrected chi connectivity index (χ2v) is 16.4. The maximum atomic E-state index is 12.8. The maximum absolute atomic E-state index is 12.8. The maximum Gasteiger partial charge on any atom is 0.397 e. The van der Waals surface area contributed by atoms with Crippen LogP contribution < -0.4 is 10.6 Å². The molecule has 13 N–H and O–H groups in total. The molecule has 0 aromatic heterocycles. The third-order valence-electron chi connectivity index (χ3n) is 9.71. The van der Waals surface area contributed by atoms with Crippen molar-refractivity contribution in [3.8, 4) is 0 Å². The number of rotatable bonds is 19. The second kappa shape index (κ2) is 22.0. The Hall–Kier alpha value is -3.24. The van der Waals surface area contributed by atoms with Gasteiger partial charge in [0.05, 0.1) is 19.8 Å². The summed E-state index contributed by atoms with van der Waals surface area (Å²) in [6.45, 7) is 2.54. The highest BCUT2D eigenvalue weighted by Gasteiger charge is 2.59. The Kier molecular flexibility index (Phi) is 18.4. The van der Waals surface area contributed by atoms with Crippen molar-refractivity contribution in [1.82, 2.24) is 10.6 Å². The number of amides is 2. The number of hydrogen-bond donors (Lipinski definition) is 13. The molecule has 0 saturated carbocycles. The molecular formula is C31H48N2O29S2. The van der Waals surface area contributed by atoms with Crippen LogP contribution in [0.5, 0.6) is 0 Å². The molecule has 0 spiro atoms. The van der Waals surface area contributed by atoms with Crippen LogP contribution in [0.15, 0.2) is 12.7 Å². The van der Waals surface area contributed by atoms with Gasteiger partial charge in [-0.15, -0.1) is 6.58 Å². The van der Waals surface area contributed by atoms with E-state index in [1.54, 1.807) is 0 Å². The quantitative estimate of drug-likeness (QED) is 0.0422. The van der Waals surface area contributed by atoms with Crippen molar-refractivity contribution in [2.45, 2.75) is 137 Å². The molecule has 8 unspecified atom stereocenters. The number of nitrogens with one attached hydrogen (secondary N) is 2. The fraction of sp³-hybridized carbons (Fsp3) is 0.806. The zero-order valence-corrected chi connectivity index (χ0v) is 34.7. The van der Waals surface area contributed by atoms with Gasteiger partial charge in [0.2, 0.25) is 11.8 Å².